The van der Waals surface area contributed by atoms with E-state index in [0.29, 0.717) is 11.3 Å². The first-order chi connectivity index (χ1) is 12.1. The van der Waals surface area contributed by atoms with Crippen LogP contribution in [0.15, 0.2) is 72.8 Å². The van der Waals surface area contributed by atoms with Crippen molar-refractivity contribution in [3.05, 3.63) is 78.4 Å². The topological polar surface area (TPSA) is 50.4 Å². The number of phenols is 1. The lowest BCUT2D eigenvalue weighted by Crippen LogP contribution is -2.31. The molecule has 0 aliphatic carbocycles. The van der Waals surface area contributed by atoms with Crippen molar-refractivity contribution in [1.82, 2.24) is 0 Å². The summed E-state index contributed by atoms with van der Waals surface area (Å²) in [6, 6.07) is 21.7. The number of benzene rings is 3. The molecule has 0 saturated carbocycles. The van der Waals surface area contributed by atoms with Crippen LogP contribution in [0.5, 0.6) is 11.5 Å². The van der Waals surface area contributed by atoms with Gasteiger partial charge in [-0.15, -0.1) is 0 Å². The highest BCUT2D eigenvalue weighted by Gasteiger charge is 2.23. The number of aromatic nitrogens is 1. The summed E-state index contributed by atoms with van der Waals surface area (Å²) in [6.07, 6.45) is 0. The van der Waals surface area contributed by atoms with Crippen molar-refractivity contribution in [2.24, 2.45) is 7.05 Å². The van der Waals surface area contributed by atoms with E-state index >= 15 is 0 Å². The minimum Gasteiger partial charge on any atom is -0.508 e. The molecule has 0 aliphatic heterocycles. The first-order valence-electron chi connectivity index (χ1n) is 7.96. The van der Waals surface area contributed by atoms with E-state index in [4.69, 9.17) is 4.74 Å². The summed E-state index contributed by atoms with van der Waals surface area (Å²) in [5, 5.41) is 11.1. The van der Waals surface area contributed by atoms with Crippen LogP contribution in [-0.2, 0) is 7.05 Å². The molecule has 1 N–H and O–H groups in total. The van der Waals surface area contributed by atoms with E-state index in [9.17, 15) is 9.90 Å². The van der Waals surface area contributed by atoms with Crippen LogP contribution in [0.1, 0.15) is 10.4 Å². The summed E-state index contributed by atoms with van der Waals surface area (Å²) in [4.78, 5) is 12.9. The number of ether oxygens (including phenoxy) is 1. The summed E-state index contributed by atoms with van der Waals surface area (Å²) >= 11 is 0. The molecule has 4 nitrogen and oxygen atoms in total. The third-order valence-electron chi connectivity index (χ3n) is 4.32. The second-order valence-electron chi connectivity index (χ2n) is 5.85. The number of fused-ring (bicyclic) bond motifs is 2. The van der Waals surface area contributed by atoms with Gasteiger partial charge in [0.2, 0.25) is 11.0 Å². The third kappa shape index (κ3) is 2.58. The Morgan fingerprint density at radius 2 is 1.36 bits per heavy atom. The highest BCUT2D eigenvalue weighted by atomic mass is 16.5. The number of aromatic hydroxyl groups is 1. The molecule has 0 atom stereocenters. The van der Waals surface area contributed by atoms with Gasteiger partial charge < -0.3 is 9.84 Å². The molecule has 0 bridgehead atoms. The Morgan fingerprint density at radius 1 is 0.840 bits per heavy atom. The summed E-state index contributed by atoms with van der Waals surface area (Å²) in [5.41, 5.74) is 2.45. The van der Waals surface area contributed by atoms with Crippen LogP contribution in [0, 0.1) is 0 Å². The number of aryl methyl sites for hydroxylation is 1. The van der Waals surface area contributed by atoms with Crippen molar-refractivity contribution in [3.8, 4) is 11.5 Å². The summed E-state index contributed by atoms with van der Waals surface area (Å²) in [6.45, 7) is 0. The predicted octanol–water partition coefficient (Wildman–Crippen LogP) is 3.74. The Morgan fingerprint density at radius 3 is 1.92 bits per heavy atom. The van der Waals surface area contributed by atoms with Crippen LogP contribution in [-0.4, -0.2) is 11.1 Å². The number of phenolic OH excluding ortho intramolecular Hbond substituents is 1. The number of hydrogen-bond donors (Lipinski definition) is 1. The van der Waals surface area contributed by atoms with Gasteiger partial charge in [0, 0.05) is 12.1 Å². The molecule has 122 valence electrons. The van der Waals surface area contributed by atoms with Gasteiger partial charge >= 0.3 is 5.97 Å². The van der Waals surface area contributed by atoms with Gasteiger partial charge in [0.05, 0.1) is 16.3 Å². The maximum Gasteiger partial charge on any atom is 0.345 e. The fourth-order valence-electron chi connectivity index (χ4n) is 3.12. The molecule has 4 aromatic rings. The zero-order valence-electron chi connectivity index (χ0n) is 13.6. The van der Waals surface area contributed by atoms with Crippen molar-refractivity contribution in [2.45, 2.75) is 0 Å². The highest BCUT2D eigenvalue weighted by Crippen LogP contribution is 2.26. The second kappa shape index (κ2) is 5.91. The van der Waals surface area contributed by atoms with E-state index in [-0.39, 0.29) is 5.75 Å². The molecule has 25 heavy (non-hydrogen) atoms. The van der Waals surface area contributed by atoms with Crippen LogP contribution in [0.3, 0.4) is 0 Å². The Bertz CT molecular complexity index is 1040. The molecule has 0 spiro atoms. The zero-order valence-corrected chi connectivity index (χ0v) is 13.6. The van der Waals surface area contributed by atoms with Crippen LogP contribution in [0.2, 0.25) is 0 Å². The lowest BCUT2D eigenvalue weighted by Gasteiger charge is -2.10. The van der Waals surface area contributed by atoms with Crippen molar-refractivity contribution in [3.63, 3.8) is 0 Å². The number of esters is 1. The lowest BCUT2D eigenvalue weighted by atomic mass is 10.0. The van der Waals surface area contributed by atoms with Crippen LogP contribution in [0.25, 0.3) is 21.8 Å². The van der Waals surface area contributed by atoms with Crippen molar-refractivity contribution in [2.75, 3.05) is 0 Å². The lowest BCUT2D eigenvalue weighted by molar-refractivity contribution is -0.617. The molecule has 4 heteroatoms. The zero-order chi connectivity index (χ0) is 17.4. The van der Waals surface area contributed by atoms with E-state index in [1.807, 2.05) is 55.6 Å². The van der Waals surface area contributed by atoms with Crippen molar-refractivity contribution >= 4 is 27.8 Å². The number of nitrogens with zero attached hydrogens (tertiary/aromatic N) is 1. The van der Waals surface area contributed by atoms with Gasteiger partial charge in [-0.3, -0.25) is 0 Å². The third-order valence-corrected chi connectivity index (χ3v) is 4.32. The van der Waals surface area contributed by atoms with Gasteiger partial charge in [-0.2, -0.15) is 4.57 Å². The second-order valence-corrected chi connectivity index (χ2v) is 5.85. The molecule has 3 aromatic carbocycles. The van der Waals surface area contributed by atoms with Gasteiger partial charge in [0.15, 0.2) is 0 Å². The summed E-state index contributed by atoms with van der Waals surface area (Å²) in [7, 11) is 1.99. The Balaban J connectivity index is 1.93. The molecule has 0 saturated heterocycles. The van der Waals surface area contributed by atoms with Crippen molar-refractivity contribution < 1.29 is 19.2 Å². The minimum absolute atomic E-state index is 0.127. The first kappa shape index (κ1) is 15.1. The van der Waals surface area contributed by atoms with Gasteiger partial charge in [0.25, 0.3) is 0 Å². The average Bonchev–Trinajstić information content (AvgIpc) is 2.64. The molecular weight excluding hydrogens is 314 g/mol. The van der Waals surface area contributed by atoms with E-state index < -0.39 is 5.97 Å². The molecule has 0 radical (unpaired) electrons. The molecule has 4 rings (SSSR count). The fraction of sp³-hybridized carbons (Fsp3) is 0.0476. The maximum absolute atomic E-state index is 12.9. The van der Waals surface area contributed by atoms with Crippen LogP contribution < -0.4 is 9.30 Å². The summed E-state index contributed by atoms with van der Waals surface area (Å²) < 4.78 is 7.62. The minimum atomic E-state index is -0.418. The molecule has 0 aliphatic rings. The standard InChI is InChI=1S/C21H15NO3/c1-22-18-8-4-2-6-16(18)20(17-7-3-5-9-19(17)22)21(24)25-15-12-10-14(23)11-13-15/h2-13H,1H3/p+1. The summed E-state index contributed by atoms with van der Waals surface area (Å²) in [5.74, 6) is 0.102. The molecule has 1 heterocycles. The number of carbonyl (C=O) groups excluding carboxylic acids is 1. The van der Waals surface area contributed by atoms with Gasteiger partial charge in [-0.25, -0.2) is 4.79 Å². The Hall–Kier alpha value is -3.40. The largest absolute Gasteiger partial charge is 0.508 e. The molecule has 0 amide bonds. The number of para-hydroxylation sites is 2. The van der Waals surface area contributed by atoms with Gasteiger partial charge in [0.1, 0.15) is 18.5 Å². The maximum atomic E-state index is 12.9. The number of carbonyl (C=O) groups is 1. The SMILES string of the molecule is C[n+]1c2ccccc2c(C(=O)Oc2ccc(O)cc2)c2ccccc21. The Kier molecular flexibility index (Phi) is 3.58. The Labute approximate surface area is 144 Å². The van der Waals surface area contributed by atoms with Crippen LogP contribution >= 0.6 is 0 Å². The van der Waals surface area contributed by atoms with E-state index in [1.54, 1.807) is 12.1 Å². The average molecular weight is 330 g/mol. The highest BCUT2D eigenvalue weighted by molar-refractivity contribution is 6.13. The van der Waals surface area contributed by atoms with Crippen molar-refractivity contribution in [1.29, 1.82) is 0 Å². The van der Waals surface area contributed by atoms with Gasteiger partial charge in [-0.05, 0) is 36.4 Å². The van der Waals surface area contributed by atoms with Gasteiger partial charge in [-0.1, -0.05) is 24.3 Å². The van der Waals surface area contributed by atoms with E-state index in [1.165, 1.54) is 12.1 Å². The monoisotopic (exact) mass is 330 g/mol. The number of hydrogen-bond acceptors (Lipinski definition) is 3. The predicted molar refractivity (Wildman–Crippen MR) is 95.7 cm³/mol. The van der Waals surface area contributed by atoms with E-state index in [2.05, 4.69) is 4.57 Å². The normalized spacial score (nSPS) is 10.9. The number of pyridine rings is 1. The molecular formula is C21H16NO3+. The molecule has 0 unspecified atom stereocenters. The quantitative estimate of drug-likeness (QED) is 0.264. The first-order valence-corrected chi connectivity index (χ1v) is 7.96. The molecule has 0 fully saturated rings. The van der Waals surface area contributed by atoms with E-state index in [0.717, 1.165) is 21.8 Å². The fourth-order valence-corrected chi connectivity index (χ4v) is 3.12. The molecule has 1 aromatic heterocycles. The smallest absolute Gasteiger partial charge is 0.345 e. The number of rotatable bonds is 2. The van der Waals surface area contributed by atoms with Crippen LogP contribution in [0.4, 0.5) is 0 Å².